The Balaban J connectivity index is 2.93. The summed E-state index contributed by atoms with van der Waals surface area (Å²) in [5, 5.41) is 10.1. The zero-order chi connectivity index (χ0) is 15.9. The topological polar surface area (TPSA) is 86.9 Å². The second-order valence-corrected chi connectivity index (χ2v) is 7.54. The molecule has 1 heterocycles. The van der Waals surface area contributed by atoms with Gasteiger partial charge in [-0.1, -0.05) is 13.8 Å². The maximum absolute atomic E-state index is 12.6. The highest BCUT2D eigenvalue weighted by molar-refractivity contribution is 7.98. The molecule has 0 amide bonds. The SMILES string of the molecule is CCCNCc1n[nH]c(C)c1S(=O)(=O)NC(CC)CSC. The average molecular weight is 335 g/mol. The van der Waals surface area contributed by atoms with Crippen LogP contribution < -0.4 is 10.0 Å². The van der Waals surface area contributed by atoms with Crippen molar-refractivity contribution >= 4 is 21.8 Å². The summed E-state index contributed by atoms with van der Waals surface area (Å²) in [4.78, 5) is 0.283. The van der Waals surface area contributed by atoms with Crippen molar-refractivity contribution < 1.29 is 8.42 Å². The van der Waals surface area contributed by atoms with Crippen LogP contribution in [0, 0.1) is 6.92 Å². The standard InChI is InChI=1S/C13H26N4O2S2/c1-5-7-14-8-12-13(10(3)15-16-12)21(18,19)17-11(6-2)9-20-4/h11,14,17H,5-9H2,1-4H3,(H,15,16). The van der Waals surface area contributed by atoms with Crippen LogP contribution in [0.1, 0.15) is 38.1 Å². The highest BCUT2D eigenvalue weighted by atomic mass is 32.2. The first kappa shape index (κ1) is 18.5. The Morgan fingerprint density at radius 3 is 2.67 bits per heavy atom. The zero-order valence-electron chi connectivity index (χ0n) is 13.2. The number of nitrogens with zero attached hydrogens (tertiary/aromatic N) is 1. The summed E-state index contributed by atoms with van der Waals surface area (Å²) >= 11 is 1.63. The molecular weight excluding hydrogens is 308 g/mol. The molecule has 1 rings (SSSR count). The van der Waals surface area contributed by atoms with E-state index < -0.39 is 10.0 Å². The van der Waals surface area contributed by atoms with E-state index in [0.717, 1.165) is 25.1 Å². The minimum Gasteiger partial charge on any atom is -0.311 e. The number of aromatic nitrogens is 2. The van der Waals surface area contributed by atoms with E-state index in [-0.39, 0.29) is 10.9 Å². The Labute approximate surface area is 131 Å². The van der Waals surface area contributed by atoms with Gasteiger partial charge in [-0.2, -0.15) is 16.9 Å². The third-order valence-corrected chi connectivity index (χ3v) is 5.59. The lowest BCUT2D eigenvalue weighted by Gasteiger charge is -2.16. The molecule has 0 saturated heterocycles. The first-order valence-corrected chi connectivity index (χ1v) is 10.1. The van der Waals surface area contributed by atoms with Crippen LogP contribution >= 0.6 is 11.8 Å². The Hall–Kier alpha value is -0.570. The number of nitrogens with one attached hydrogen (secondary N) is 3. The molecule has 0 aliphatic heterocycles. The minimum atomic E-state index is -3.55. The number of hydrogen-bond acceptors (Lipinski definition) is 5. The lowest BCUT2D eigenvalue weighted by Crippen LogP contribution is -2.36. The molecule has 6 nitrogen and oxygen atoms in total. The third-order valence-electron chi connectivity index (χ3n) is 3.13. The third kappa shape index (κ3) is 5.28. The van der Waals surface area contributed by atoms with Gasteiger partial charge in [0.2, 0.25) is 10.0 Å². The molecule has 1 unspecified atom stereocenters. The van der Waals surface area contributed by atoms with Gasteiger partial charge in [0.15, 0.2) is 0 Å². The first-order chi connectivity index (χ1) is 9.96. The monoisotopic (exact) mass is 334 g/mol. The van der Waals surface area contributed by atoms with Crippen LogP contribution in [0.3, 0.4) is 0 Å². The zero-order valence-corrected chi connectivity index (χ0v) is 14.8. The van der Waals surface area contributed by atoms with Gasteiger partial charge in [0, 0.05) is 18.3 Å². The molecule has 8 heteroatoms. The van der Waals surface area contributed by atoms with Crippen LogP contribution in [0.5, 0.6) is 0 Å². The van der Waals surface area contributed by atoms with Crippen molar-refractivity contribution in [3.8, 4) is 0 Å². The molecule has 3 N–H and O–H groups in total. The molecule has 0 radical (unpaired) electrons. The molecule has 0 bridgehead atoms. The Morgan fingerprint density at radius 1 is 1.38 bits per heavy atom. The molecule has 1 aromatic rings. The summed E-state index contributed by atoms with van der Waals surface area (Å²) in [7, 11) is -3.55. The van der Waals surface area contributed by atoms with Gasteiger partial charge >= 0.3 is 0 Å². The van der Waals surface area contributed by atoms with Crippen molar-refractivity contribution in [1.82, 2.24) is 20.2 Å². The van der Waals surface area contributed by atoms with Crippen molar-refractivity contribution in [2.45, 2.75) is 51.1 Å². The smallest absolute Gasteiger partial charge is 0.244 e. The lowest BCUT2D eigenvalue weighted by atomic mass is 10.3. The fourth-order valence-corrected chi connectivity index (χ4v) is 4.55. The van der Waals surface area contributed by atoms with Gasteiger partial charge in [-0.15, -0.1) is 0 Å². The van der Waals surface area contributed by atoms with E-state index in [1.165, 1.54) is 0 Å². The van der Waals surface area contributed by atoms with Crippen molar-refractivity contribution in [2.24, 2.45) is 0 Å². The molecule has 1 aromatic heterocycles. The van der Waals surface area contributed by atoms with E-state index in [1.807, 2.05) is 13.2 Å². The van der Waals surface area contributed by atoms with E-state index in [9.17, 15) is 8.42 Å². The summed E-state index contributed by atoms with van der Waals surface area (Å²) in [6.45, 7) is 7.07. The maximum Gasteiger partial charge on any atom is 0.244 e. The molecule has 0 aromatic carbocycles. The van der Waals surface area contributed by atoms with Gasteiger partial charge in [-0.05, 0) is 32.6 Å². The predicted octanol–water partition coefficient (Wildman–Crippen LogP) is 1.64. The van der Waals surface area contributed by atoms with Gasteiger partial charge in [0.25, 0.3) is 0 Å². The lowest BCUT2D eigenvalue weighted by molar-refractivity contribution is 0.555. The summed E-state index contributed by atoms with van der Waals surface area (Å²) in [5.41, 5.74) is 1.13. The van der Waals surface area contributed by atoms with E-state index in [1.54, 1.807) is 18.7 Å². The first-order valence-electron chi connectivity index (χ1n) is 7.22. The number of thioether (sulfide) groups is 1. The van der Waals surface area contributed by atoms with E-state index in [4.69, 9.17) is 0 Å². The molecule has 0 saturated carbocycles. The molecule has 0 aliphatic carbocycles. The van der Waals surface area contributed by atoms with Crippen LogP contribution in [0.4, 0.5) is 0 Å². The second kappa shape index (κ2) is 8.77. The van der Waals surface area contributed by atoms with E-state index in [2.05, 4.69) is 27.2 Å². The van der Waals surface area contributed by atoms with Gasteiger partial charge in [0.05, 0.1) is 11.4 Å². The average Bonchev–Trinajstić information content (AvgIpc) is 2.80. The largest absolute Gasteiger partial charge is 0.311 e. The van der Waals surface area contributed by atoms with Crippen LogP contribution in [0.2, 0.25) is 0 Å². The van der Waals surface area contributed by atoms with E-state index in [0.29, 0.717) is 17.9 Å². The normalized spacial score (nSPS) is 13.5. The number of H-pyrrole nitrogens is 1. The van der Waals surface area contributed by atoms with Crippen LogP contribution in [-0.2, 0) is 16.6 Å². The molecule has 122 valence electrons. The second-order valence-electron chi connectivity index (χ2n) is 4.98. The van der Waals surface area contributed by atoms with Gasteiger partial charge < -0.3 is 5.32 Å². The fourth-order valence-electron chi connectivity index (χ4n) is 2.04. The minimum absolute atomic E-state index is 0.0595. The van der Waals surface area contributed by atoms with Gasteiger partial charge in [-0.25, -0.2) is 13.1 Å². The number of aromatic amines is 1. The van der Waals surface area contributed by atoms with E-state index >= 15 is 0 Å². The molecule has 0 spiro atoms. The summed E-state index contributed by atoms with van der Waals surface area (Å²) in [6, 6.07) is -0.0595. The fraction of sp³-hybridized carbons (Fsp3) is 0.769. The number of sulfonamides is 1. The highest BCUT2D eigenvalue weighted by Gasteiger charge is 2.26. The number of hydrogen-bond donors (Lipinski definition) is 3. The van der Waals surface area contributed by atoms with Crippen molar-refractivity contribution in [2.75, 3.05) is 18.6 Å². The van der Waals surface area contributed by atoms with Gasteiger partial charge in [0.1, 0.15) is 4.90 Å². The Morgan fingerprint density at radius 2 is 2.10 bits per heavy atom. The maximum atomic E-state index is 12.6. The highest BCUT2D eigenvalue weighted by Crippen LogP contribution is 2.18. The van der Waals surface area contributed by atoms with Crippen LogP contribution in [0.15, 0.2) is 4.90 Å². The summed E-state index contributed by atoms with van der Waals surface area (Å²) < 4.78 is 28.0. The molecule has 0 aliphatic rings. The molecule has 1 atom stereocenters. The predicted molar refractivity (Wildman–Crippen MR) is 88.1 cm³/mol. The number of rotatable bonds is 10. The summed E-state index contributed by atoms with van der Waals surface area (Å²) in [6.07, 6.45) is 3.73. The quantitative estimate of drug-likeness (QED) is 0.566. The number of aryl methyl sites for hydroxylation is 1. The molecular formula is C13H26N4O2S2. The van der Waals surface area contributed by atoms with Crippen molar-refractivity contribution in [3.05, 3.63) is 11.4 Å². The molecule has 21 heavy (non-hydrogen) atoms. The Kier molecular flexibility index (Phi) is 7.72. The van der Waals surface area contributed by atoms with Crippen LogP contribution in [0.25, 0.3) is 0 Å². The molecule has 0 fully saturated rings. The summed E-state index contributed by atoms with van der Waals surface area (Å²) in [5.74, 6) is 0.760. The van der Waals surface area contributed by atoms with Crippen molar-refractivity contribution in [3.63, 3.8) is 0 Å². The van der Waals surface area contributed by atoms with Crippen molar-refractivity contribution in [1.29, 1.82) is 0 Å². The Bertz CT molecular complexity index is 528. The van der Waals surface area contributed by atoms with Gasteiger partial charge in [-0.3, -0.25) is 5.10 Å². The van der Waals surface area contributed by atoms with Crippen LogP contribution in [-0.4, -0.2) is 43.2 Å².